The van der Waals surface area contributed by atoms with E-state index >= 15 is 0 Å². The molecule has 1 aliphatic carbocycles. The van der Waals surface area contributed by atoms with Crippen LogP contribution in [0.2, 0.25) is 0 Å². The Balaban J connectivity index is 1.41. The molecule has 1 saturated carbocycles. The molecule has 2 aliphatic rings. The number of nitrogens with zero attached hydrogens (tertiary/aromatic N) is 2. The Kier molecular flexibility index (Phi) is 7.78. The van der Waals surface area contributed by atoms with Crippen molar-refractivity contribution in [2.24, 2.45) is 11.7 Å². The van der Waals surface area contributed by atoms with E-state index in [0.717, 1.165) is 53.8 Å². The molecule has 4 N–H and O–H groups in total. The summed E-state index contributed by atoms with van der Waals surface area (Å²) in [6.07, 6.45) is 6.83. The predicted molar refractivity (Wildman–Crippen MR) is 130 cm³/mol. The first-order valence-corrected chi connectivity index (χ1v) is 12.8. The Morgan fingerprint density at radius 2 is 1.91 bits per heavy atom. The highest BCUT2D eigenvalue weighted by atomic mass is 32.1. The van der Waals surface area contributed by atoms with E-state index in [1.54, 1.807) is 16.2 Å². The number of benzene rings is 1. The number of nitrogens with one attached hydrogen (secondary N) is 1. The number of aromatic nitrogens is 1. The number of hydrogen-bond donors (Lipinski definition) is 3. The van der Waals surface area contributed by atoms with Gasteiger partial charge in [0.05, 0.1) is 34.8 Å². The summed E-state index contributed by atoms with van der Waals surface area (Å²) < 4.78 is 0. The molecule has 1 aromatic heterocycles. The number of rotatable bonds is 7. The first-order valence-electron chi connectivity index (χ1n) is 12.0. The summed E-state index contributed by atoms with van der Waals surface area (Å²) in [5.74, 6) is -0.121. The van der Waals surface area contributed by atoms with Gasteiger partial charge in [-0.3, -0.25) is 9.59 Å². The van der Waals surface area contributed by atoms with Crippen LogP contribution < -0.4 is 11.1 Å². The van der Waals surface area contributed by atoms with Crippen LogP contribution in [-0.2, 0) is 9.59 Å². The van der Waals surface area contributed by atoms with Crippen LogP contribution in [0.1, 0.15) is 62.2 Å². The zero-order valence-corrected chi connectivity index (χ0v) is 20.0. The highest BCUT2D eigenvalue weighted by Crippen LogP contribution is 2.30. The molecule has 1 aromatic carbocycles. The normalized spacial score (nSPS) is 21.1. The smallest absolute Gasteiger partial charge is 0.243 e. The van der Waals surface area contributed by atoms with E-state index in [0.29, 0.717) is 13.0 Å². The summed E-state index contributed by atoms with van der Waals surface area (Å²) in [5, 5.41) is 12.9. The van der Waals surface area contributed by atoms with Crippen LogP contribution in [0.15, 0.2) is 29.8 Å². The Morgan fingerprint density at radius 1 is 1.18 bits per heavy atom. The van der Waals surface area contributed by atoms with Crippen LogP contribution in [0.4, 0.5) is 0 Å². The Bertz CT molecular complexity index is 955. The summed E-state index contributed by atoms with van der Waals surface area (Å²) in [4.78, 5) is 33.3. The molecule has 1 saturated heterocycles. The number of nitrogens with two attached hydrogens (primary N) is 1. The summed E-state index contributed by atoms with van der Waals surface area (Å²) in [6.45, 7) is 2.32. The highest BCUT2D eigenvalue weighted by molar-refractivity contribution is 7.13. The molecule has 2 heterocycles. The zero-order chi connectivity index (χ0) is 23.4. The summed E-state index contributed by atoms with van der Waals surface area (Å²) in [5.41, 5.74) is 11.0. The number of aryl methyl sites for hydroxylation is 1. The topological polar surface area (TPSA) is 109 Å². The van der Waals surface area contributed by atoms with E-state index < -0.39 is 18.1 Å². The quantitative estimate of drug-likeness (QED) is 0.576. The van der Waals surface area contributed by atoms with Gasteiger partial charge in [-0.05, 0) is 49.7 Å². The molecule has 1 aliphatic heterocycles. The second kappa shape index (κ2) is 10.8. The van der Waals surface area contributed by atoms with Crippen molar-refractivity contribution in [2.75, 3.05) is 13.2 Å². The number of carbonyl (C=O) groups is 2. The molecular weight excluding hydrogens is 436 g/mol. The van der Waals surface area contributed by atoms with Crippen molar-refractivity contribution in [3.8, 4) is 10.4 Å². The highest BCUT2D eigenvalue weighted by Gasteiger charge is 2.39. The molecule has 0 radical (unpaired) electrons. The van der Waals surface area contributed by atoms with E-state index in [2.05, 4.69) is 10.3 Å². The average Bonchev–Trinajstić information content (AvgIpc) is 3.51. The second-order valence-electron chi connectivity index (χ2n) is 9.25. The maximum Gasteiger partial charge on any atom is 0.243 e. The van der Waals surface area contributed by atoms with Crippen LogP contribution >= 0.6 is 11.3 Å². The van der Waals surface area contributed by atoms with E-state index in [4.69, 9.17) is 5.73 Å². The number of thiazole rings is 1. The first kappa shape index (κ1) is 23.9. The number of carbonyl (C=O) groups excluding carboxylic acids is 2. The van der Waals surface area contributed by atoms with Crippen molar-refractivity contribution in [1.29, 1.82) is 0 Å². The fourth-order valence-corrected chi connectivity index (χ4v) is 5.95. The van der Waals surface area contributed by atoms with E-state index in [1.165, 1.54) is 6.42 Å². The van der Waals surface area contributed by atoms with Crippen LogP contribution in [0.25, 0.3) is 10.4 Å². The molecule has 8 heteroatoms. The zero-order valence-electron chi connectivity index (χ0n) is 19.2. The maximum absolute atomic E-state index is 13.1. The molecule has 2 fully saturated rings. The van der Waals surface area contributed by atoms with Gasteiger partial charge in [0.25, 0.3) is 0 Å². The third-order valence-electron chi connectivity index (χ3n) is 7.10. The minimum absolute atomic E-state index is 0.107. The lowest BCUT2D eigenvalue weighted by molar-refractivity contribution is -0.140. The molecule has 2 amide bonds. The molecule has 0 spiro atoms. The lowest BCUT2D eigenvalue weighted by Gasteiger charge is -2.32. The standard InChI is InChI=1S/C25H34N4O3S/c1-16-23(33-15-27-16)19-11-9-17(10-12-19)20(14-30)28-24(31)21-8-5-13-29(21)25(32)22(26)18-6-3-2-4-7-18/h9-12,15,18,20-22,30H,2-8,13-14,26H2,1H3,(H,28,31). The molecule has 33 heavy (non-hydrogen) atoms. The maximum atomic E-state index is 13.1. The minimum Gasteiger partial charge on any atom is -0.394 e. The Morgan fingerprint density at radius 3 is 2.55 bits per heavy atom. The lowest BCUT2D eigenvalue weighted by Crippen LogP contribution is -2.54. The van der Waals surface area contributed by atoms with E-state index in [9.17, 15) is 14.7 Å². The largest absolute Gasteiger partial charge is 0.394 e. The predicted octanol–water partition coefficient (Wildman–Crippen LogP) is 3.17. The lowest BCUT2D eigenvalue weighted by atomic mass is 9.83. The number of aliphatic hydroxyl groups excluding tert-OH is 1. The molecule has 4 rings (SSSR count). The molecule has 2 aromatic rings. The summed E-state index contributed by atoms with van der Waals surface area (Å²) in [6, 6.07) is 6.23. The van der Waals surface area contributed by atoms with Crippen molar-refractivity contribution in [1.82, 2.24) is 15.2 Å². The SMILES string of the molecule is Cc1ncsc1-c1ccc(C(CO)NC(=O)C2CCCN2C(=O)C(N)C2CCCCC2)cc1. The van der Waals surface area contributed by atoms with Gasteiger partial charge >= 0.3 is 0 Å². The van der Waals surface area contributed by atoms with Crippen molar-refractivity contribution in [3.63, 3.8) is 0 Å². The van der Waals surface area contributed by atoms with Gasteiger partial charge in [0.1, 0.15) is 6.04 Å². The molecule has 0 bridgehead atoms. The first-order chi connectivity index (χ1) is 16.0. The summed E-state index contributed by atoms with van der Waals surface area (Å²) >= 11 is 1.59. The van der Waals surface area contributed by atoms with Crippen molar-refractivity contribution < 1.29 is 14.7 Å². The van der Waals surface area contributed by atoms with Gasteiger partial charge in [-0.15, -0.1) is 11.3 Å². The average molecular weight is 471 g/mol. The molecule has 7 nitrogen and oxygen atoms in total. The van der Waals surface area contributed by atoms with Crippen molar-refractivity contribution >= 4 is 23.2 Å². The third kappa shape index (κ3) is 5.28. The van der Waals surface area contributed by atoms with E-state index in [-0.39, 0.29) is 24.3 Å². The van der Waals surface area contributed by atoms with Crippen LogP contribution in [0, 0.1) is 12.8 Å². The van der Waals surface area contributed by atoms with Gasteiger partial charge in [-0.1, -0.05) is 43.5 Å². The molecule has 3 unspecified atom stereocenters. The van der Waals surface area contributed by atoms with Gasteiger partial charge < -0.3 is 21.1 Å². The monoisotopic (exact) mass is 470 g/mol. The van der Waals surface area contributed by atoms with Gasteiger partial charge in [0.2, 0.25) is 11.8 Å². The van der Waals surface area contributed by atoms with Gasteiger partial charge in [0, 0.05) is 6.54 Å². The molecular formula is C25H34N4O3S. The van der Waals surface area contributed by atoms with Crippen molar-refractivity contribution in [2.45, 2.75) is 70.0 Å². The van der Waals surface area contributed by atoms with Crippen LogP contribution in [0.3, 0.4) is 0 Å². The number of hydrogen-bond acceptors (Lipinski definition) is 6. The minimum atomic E-state index is -0.532. The third-order valence-corrected chi connectivity index (χ3v) is 8.08. The second-order valence-corrected chi connectivity index (χ2v) is 10.1. The number of likely N-dealkylation sites (tertiary alicyclic amines) is 1. The fraction of sp³-hybridized carbons (Fsp3) is 0.560. The van der Waals surface area contributed by atoms with Gasteiger partial charge in [0.15, 0.2) is 0 Å². The number of aliphatic hydroxyl groups is 1. The van der Waals surface area contributed by atoms with Gasteiger partial charge in [-0.2, -0.15) is 0 Å². The van der Waals surface area contributed by atoms with Gasteiger partial charge in [-0.25, -0.2) is 4.98 Å². The Hall–Kier alpha value is -2.29. The number of amides is 2. The molecule has 178 valence electrons. The van der Waals surface area contributed by atoms with Crippen LogP contribution in [0.5, 0.6) is 0 Å². The van der Waals surface area contributed by atoms with Crippen LogP contribution in [-0.4, -0.2) is 52.0 Å². The molecule has 3 atom stereocenters. The Labute approximate surface area is 199 Å². The summed E-state index contributed by atoms with van der Waals surface area (Å²) in [7, 11) is 0. The van der Waals surface area contributed by atoms with E-state index in [1.807, 2.05) is 36.7 Å². The van der Waals surface area contributed by atoms with Crippen molar-refractivity contribution in [3.05, 3.63) is 41.0 Å². The fourth-order valence-electron chi connectivity index (χ4n) is 5.14.